The number of hydrogen-bond acceptors (Lipinski definition) is 3. The van der Waals surface area contributed by atoms with Crippen molar-refractivity contribution in [3.8, 4) is 0 Å². The minimum atomic E-state index is -0.138. The molecular weight excluding hydrogens is 364 g/mol. The number of unbranched alkanes of at least 4 members (excludes halogenated alkanes) is 1. The molecule has 29 heavy (non-hydrogen) atoms. The standard InChI is InChI=1S/C23H28N4O2/c1-4-5-13-27(15-21(28)26-22-16(2)9-8-10-17(22)3)14-20-24-19-12-7-6-11-18(19)23(29)25-20/h6-12H,4-5,13-15H2,1-3H3,(H,26,28)(H,24,25,29)/p+1. The Balaban J connectivity index is 1.76. The Morgan fingerprint density at radius 2 is 1.83 bits per heavy atom. The van der Waals surface area contributed by atoms with Crippen LogP contribution in [0.4, 0.5) is 5.69 Å². The van der Waals surface area contributed by atoms with Gasteiger partial charge in [0.1, 0.15) is 6.54 Å². The molecule has 3 aromatic rings. The first kappa shape index (κ1) is 20.7. The third kappa shape index (κ3) is 5.29. The predicted molar refractivity (Wildman–Crippen MR) is 116 cm³/mol. The highest BCUT2D eigenvalue weighted by atomic mass is 16.2. The van der Waals surface area contributed by atoms with Crippen LogP contribution in [0.3, 0.4) is 0 Å². The molecule has 3 N–H and O–H groups in total. The van der Waals surface area contributed by atoms with E-state index in [9.17, 15) is 9.59 Å². The highest BCUT2D eigenvalue weighted by Crippen LogP contribution is 2.18. The van der Waals surface area contributed by atoms with Gasteiger partial charge in [-0.05, 0) is 43.5 Å². The van der Waals surface area contributed by atoms with Crippen molar-refractivity contribution in [2.45, 2.75) is 40.2 Å². The van der Waals surface area contributed by atoms with Gasteiger partial charge in [-0.3, -0.25) is 9.59 Å². The van der Waals surface area contributed by atoms with Crippen molar-refractivity contribution in [2.24, 2.45) is 0 Å². The van der Waals surface area contributed by atoms with E-state index < -0.39 is 0 Å². The molecule has 3 rings (SSSR count). The number of benzene rings is 2. The second-order valence-corrected chi connectivity index (χ2v) is 7.55. The molecule has 0 aliphatic rings. The molecule has 0 spiro atoms. The average molecular weight is 394 g/mol. The van der Waals surface area contributed by atoms with E-state index >= 15 is 0 Å². The van der Waals surface area contributed by atoms with Crippen LogP contribution >= 0.6 is 0 Å². The fourth-order valence-electron chi connectivity index (χ4n) is 3.54. The van der Waals surface area contributed by atoms with Gasteiger partial charge in [-0.15, -0.1) is 0 Å². The van der Waals surface area contributed by atoms with Crippen molar-refractivity contribution in [1.29, 1.82) is 0 Å². The predicted octanol–water partition coefficient (Wildman–Crippen LogP) is 2.36. The van der Waals surface area contributed by atoms with Crippen molar-refractivity contribution in [3.05, 3.63) is 69.8 Å². The quantitative estimate of drug-likeness (QED) is 0.550. The number of para-hydroxylation sites is 2. The van der Waals surface area contributed by atoms with E-state index in [2.05, 4.69) is 22.2 Å². The summed E-state index contributed by atoms with van der Waals surface area (Å²) < 4.78 is 0. The molecule has 0 saturated heterocycles. The van der Waals surface area contributed by atoms with E-state index in [1.54, 1.807) is 6.07 Å². The Hall–Kier alpha value is -2.99. The zero-order valence-corrected chi connectivity index (χ0v) is 17.3. The number of hydrogen-bond donors (Lipinski definition) is 3. The largest absolute Gasteiger partial charge is 0.321 e. The van der Waals surface area contributed by atoms with Gasteiger partial charge in [0, 0.05) is 5.69 Å². The van der Waals surface area contributed by atoms with E-state index in [1.807, 2.05) is 50.2 Å². The topological polar surface area (TPSA) is 79.3 Å². The number of nitrogens with one attached hydrogen (secondary N) is 3. The first-order valence-corrected chi connectivity index (χ1v) is 10.2. The average Bonchev–Trinajstić information content (AvgIpc) is 2.69. The van der Waals surface area contributed by atoms with Crippen LogP contribution in [-0.4, -0.2) is 29.0 Å². The number of H-pyrrole nitrogens is 1. The van der Waals surface area contributed by atoms with Gasteiger partial charge in [-0.1, -0.05) is 43.7 Å². The summed E-state index contributed by atoms with van der Waals surface area (Å²) in [6.45, 7) is 7.78. The van der Waals surface area contributed by atoms with Gasteiger partial charge in [0.15, 0.2) is 12.4 Å². The number of carbonyl (C=O) groups excluding carboxylic acids is 1. The zero-order valence-electron chi connectivity index (χ0n) is 17.3. The molecule has 0 fully saturated rings. The molecule has 152 valence electrons. The van der Waals surface area contributed by atoms with Gasteiger partial charge in [-0.2, -0.15) is 0 Å². The van der Waals surface area contributed by atoms with Crippen molar-refractivity contribution >= 4 is 22.5 Å². The zero-order chi connectivity index (χ0) is 20.8. The molecule has 0 aliphatic carbocycles. The molecule has 0 radical (unpaired) electrons. The number of quaternary nitrogens is 1. The highest BCUT2D eigenvalue weighted by molar-refractivity contribution is 5.93. The number of rotatable bonds is 8. The maximum Gasteiger partial charge on any atom is 0.279 e. The lowest BCUT2D eigenvalue weighted by molar-refractivity contribution is -0.906. The van der Waals surface area contributed by atoms with E-state index in [1.165, 1.54) is 0 Å². The fourth-order valence-corrected chi connectivity index (χ4v) is 3.54. The number of carbonyl (C=O) groups is 1. The number of amides is 1. The summed E-state index contributed by atoms with van der Waals surface area (Å²) in [4.78, 5) is 33.6. The van der Waals surface area contributed by atoms with Crippen LogP contribution in [0.15, 0.2) is 47.3 Å². The van der Waals surface area contributed by atoms with E-state index in [-0.39, 0.29) is 11.5 Å². The molecule has 6 nitrogen and oxygen atoms in total. The van der Waals surface area contributed by atoms with Gasteiger partial charge in [0.25, 0.3) is 11.5 Å². The highest BCUT2D eigenvalue weighted by Gasteiger charge is 2.18. The molecule has 6 heteroatoms. The third-order valence-corrected chi connectivity index (χ3v) is 5.12. The van der Waals surface area contributed by atoms with Gasteiger partial charge in [-0.25, -0.2) is 4.98 Å². The summed E-state index contributed by atoms with van der Waals surface area (Å²) in [5.74, 6) is 0.580. The van der Waals surface area contributed by atoms with Crippen molar-refractivity contribution in [3.63, 3.8) is 0 Å². The number of fused-ring (bicyclic) bond motifs is 1. The van der Waals surface area contributed by atoms with Crippen LogP contribution in [0.2, 0.25) is 0 Å². The Morgan fingerprint density at radius 3 is 2.55 bits per heavy atom. The van der Waals surface area contributed by atoms with Crippen molar-refractivity contribution in [2.75, 3.05) is 18.4 Å². The molecule has 0 aliphatic heterocycles. The first-order chi connectivity index (χ1) is 14.0. The minimum Gasteiger partial charge on any atom is -0.321 e. The monoisotopic (exact) mass is 393 g/mol. The Labute approximate surface area is 171 Å². The second-order valence-electron chi connectivity index (χ2n) is 7.55. The Bertz CT molecular complexity index is 1040. The molecule has 0 saturated carbocycles. The van der Waals surface area contributed by atoms with E-state index in [0.29, 0.717) is 29.8 Å². The first-order valence-electron chi connectivity index (χ1n) is 10.2. The molecule has 1 heterocycles. The van der Waals surface area contributed by atoms with E-state index in [4.69, 9.17) is 0 Å². The Morgan fingerprint density at radius 1 is 1.10 bits per heavy atom. The fraction of sp³-hybridized carbons (Fsp3) is 0.348. The van der Waals surface area contributed by atoms with Crippen molar-refractivity contribution in [1.82, 2.24) is 9.97 Å². The smallest absolute Gasteiger partial charge is 0.279 e. The lowest BCUT2D eigenvalue weighted by Crippen LogP contribution is -3.12. The molecule has 1 amide bonds. The Kier molecular flexibility index (Phi) is 6.77. The SMILES string of the molecule is CCCC[NH+](CC(=O)Nc1c(C)cccc1C)Cc1nc2ccccc2c(=O)[nH]1. The number of aromatic nitrogens is 2. The third-order valence-electron chi connectivity index (χ3n) is 5.12. The van der Waals surface area contributed by atoms with Crippen LogP contribution in [0.5, 0.6) is 0 Å². The summed E-state index contributed by atoms with van der Waals surface area (Å²) in [6.07, 6.45) is 2.05. The maximum absolute atomic E-state index is 12.7. The van der Waals surface area contributed by atoms with Gasteiger partial charge < -0.3 is 15.2 Å². The normalized spacial score (nSPS) is 12.1. The van der Waals surface area contributed by atoms with Crippen LogP contribution in [-0.2, 0) is 11.3 Å². The molecular formula is C23H29N4O2+. The molecule has 0 bridgehead atoms. The van der Waals surface area contributed by atoms with Gasteiger partial charge in [0.2, 0.25) is 0 Å². The summed E-state index contributed by atoms with van der Waals surface area (Å²) in [5, 5.41) is 3.64. The van der Waals surface area contributed by atoms with Crippen molar-refractivity contribution < 1.29 is 9.69 Å². The maximum atomic E-state index is 12.7. The number of nitrogens with zero attached hydrogens (tertiary/aromatic N) is 1. The van der Waals surface area contributed by atoms with Gasteiger partial charge >= 0.3 is 0 Å². The van der Waals surface area contributed by atoms with Crippen LogP contribution in [0.1, 0.15) is 36.7 Å². The molecule has 2 aromatic carbocycles. The summed E-state index contributed by atoms with van der Waals surface area (Å²) in [5.41, 5.74) is 3.52. The van der Waals surface area contributed by atoms with Gasteiger partial charge in [0.05, 0.1) is 17.4 Å². The van der Waals surface area contributed by atoms with Crippen LogP contribution < -0.4 is 15.8 Å². The van der Waals surface area contributed by atoms with Crippen LogP contribution in [0.25, 0.3) is 10.9 Å². The lowest BCUT2D eigenvalue weighted by Gasteiger charge is -2.19. The molecule has 1 aromatic heterocycles. The summed E-state index contributed by atoms with van der Waals surface area (Å²) in [6, 6.07) is 13.3. The van der Waals surface area contributed by atoms with Crippen LogP contribution in [0, 0.1) is 13.8 Å². The van der Waals surface area contributed by atoms with E-state index in [0.717, 1.165) is 41.1 Å². The number of aryl methyl sites for hydroxylation is 2. The molecule has 1 atom stereocenters. The number of anilines is 1. The lowest BCUT2D eigenvalue weighted by atomic mass is 10.1. The number of aromatic amines is 1. The molecule has 1 unspecified atom stereocenters. The minimum absolute atomic E-state index is 0.0309. The second kappa shape index (κ2) is 9.47. The summed E-state index contributed by atoms with van der Waals surface area (Å²) >= 11 is 0. The summed E-state index contributed by atoms with van der Waals surface area (Å²) in [7, 11) is 0.